The summed E-state index contributed by atoms with van der Waals surface area (Å²) in [4.78, 5) is 26.8. The second-order valence-corrected chi connectivity index (χ2v) is 9.69. The zero-order valence-corrected chi connectivity index (χ0v) is 17.4. The van der Waals surface area contributed by atoms with Crippen LogP contribution < -0.4 is 0 Å². The molecule has 0 N–H and O–H groups in total. The third-order valence-corrected chi connectivity index (χ3v) is 6.86. The summed E-state index contributed by atoms with van der Waals surface area (Å²) in [5.41, 5.74) is 3.02. The zero-order valence-electron chi connectivity index (χ0n) is 16.6. The van der Waals surface area contributed by atoms with E-state index in [2.05, 4.69) is 0 Å². The first-order valence-corrected chi connectivity index (χ1v) is 11.4. The van der Waals surface area contributed by atoms with Crippen LogP contribution >= 0.6 is 0 Å². The fraction of sp³-hybridized carbons (Fsp3) is 0.364. The highest BCUT2D eigenvalue weighted by molar-refractivity contribution is 7.91. The van der Waals surface area contributed by atoms with Crippen LogP contribution in [0.3, 0.4) is 0 Å². The van der Waals surface area contributed by atoms with E-state index in [4.69, 9.17) is 4.74 Å². The molecular formula is C22H25NO5S. The van der Waals surface area contributed by atoms with Crippen molar-refractivity contribution in [1.82, 2.24) is 4.90 Å². The number of nitrogens with zero attached hydrogens (tertiary/aromatic N) is 1. The van der Waals surface area contributed by atoms with Gasteiger partial charge < -0.3 is 9.64 Å². The van der Waals surface area contributed by atoms with Crippen LogP contribution in [0.2, 0.25) is 0 Å². The third kappa shape index (κ3) is 5.44. The van der Waals surface area contributed by atoms with Crippen molar-refractivity contribution < 1.29 is 22.7 Å². The molecule has 3 rings (SSSR count). The molecule has 1 aliphatic heterocycles. The van der Waals surface area contributed by atoms with Gasteiger partial charge in [-0.3, -0.25) is 4.79 Å². The Morgan fingerprint density at radius 1 is 1.10 bits per heavy atom. The van der Waals surface area contributed by atoms with Crippen LogP contribution in [0.25, 0.3) is 0 Å². The first kappa shape index (κ1) is 21.0. The molecule has 0 aliphatic carbocycles. The maximum absolute atomic E-state index is 12.9. The number of ether oxygens (including phenoxy) is 1. The number of carbonyl (C=O) groups excluding carboxylic acids is 2. The molecule has 0 radical (unpaired) electrons. The SMILES string of the molecule is Cc1ccc(C)c(C(=O)OCC(=O)N(Cc2ccccc2)[C@H]2CCS(=O)(=O)C2)c1. The standard InChI is InChI=1S/C22H25NO5S/c1-16-8-9-17(2)20(12-16)22(25)28-14-21(24)23(13-18-6-4-3-5-7-18)19-10-11-29(26,27)15-19/h3-9,12,19H,10-11,13-15H2,1-2H3/t19-/m0/s1. The Morgan fingerprint density at radius 3 is 2.48 bits per heavy atom. The number of benzene rings is 2. The third-order valence-electron chi connectivity index (χ3n) is 5.10. The monoisotopic (exact) mass is 415 g/mol. The zero-order chi connectivity index (χ0) is 21.0. The number of amides is 1. The largest absolute Gasteiger partial charge is 0.452 e. The summed E-state index contributed by atoms with van der Waals surface area (Å²) in [6.07, 6.45) is 0.395. The fourth-order valence-electron chi connectivity index (χ4n) is 3.47. The van der Waals surface area contributed by atoms with Crippen LogP contribution in [0.15, 0.2) is 48.5 Å². The van der Waals surface area contributed by atoms with Crippen LogP contribution in [-0.4, -0.2) is 49.3 Å². The molecule has 0 unspecified atom stereocenters. The van der Waals surface area contributed by atoms with E-state index in [-0.39, 0.29) is 18.1 Å². The van der Waals surface area contributed by atoms with Gasteiger partial charge in [-0.05, 0) is 37.5 Å². The lowest BCUT2D eigenvalue weighted by Gasteiger charge is -2.28. The second-order valence-electron chi connectivity index (χ2n) is 7.46. The van der Waals surface area contributed by atoms with Crippen LogP contribution in [0.5, 0.6) is 0 Å². The molecule has 0 aromatic heterocycles. The van der Waals surface area contributed by atoms with Gasteiger partial charge in [0.1, 0.15) is 0 Å². The summed E-state index contributed by atoms with van der Waals surface area (Å²) in [7, 11) is -3.15. The lowest BCUT2D eigenvalue weighted by Crippen LogP contribution is -2.42. The number of carbonyl (C=O) groups is 2. The maximum Gasteiger partial charge on any atom is 0.338 e. The summed E-state index contributed by atoms with van der Waals surface area (Å²) in [6, 6.07) is 14.4. The highest BCUT2D eigenvalue weighted by Gasteiger charge is 2.35. The van der Waals surface area contributed by atoms with Gasteiger partial charge in [-0.25, -0.2) is 13.2 Å². The maximum atomic E-state index is 12.9. The van der Waals surface area contributed by atoms with Crippen molar-refractivity contribution in [2.75, 3.05) is 18.1 Å². The molecule has 0 spiro atoms. The summed E-state index contributed by atoms with van der Waals surface area (Å²) < 4.78 is 29.1. The van der Waals surface area contributed by atoms with Gasteiger partial charge in [0, 0.05) is 12.6 Å². The van der Waals surface area contributed by atoms with Crippen molar-refractivity contribution in [2.24, 2.45) is 0 Å². The Morgan fingerprint density at radius 2 is 1.83 bits per heavy atom. The van der Waals surface area contributed by atoms with Gasteiger partial charge in [-0.2, -0.15) is 0 Å². The van der Waals surface area contributed by atoms with Gasteiger partial charge in [-0.1, -0.05) is 48.0 Å². The molecule has 1 atom stereocenters. The normalized spacial score (nSPS) is 17.7. The molecule has 6 nitrogen and oxygen atoms in total. The molecule has 154 valence electrons. The van der Waals surface area contributed by atoms with Gasteiger partial charge in [0.05, 0.1) is 17.1 Å². The number of aryl methyl sites for hydroxylation is 2. The molecule has 29 heavy (non-hydrogen) atoms. The average Bonchev–Trinajstić information content (AvgIpc) is 3.06. The van der Waals surface area contributed by atoms with E-state index in [1.165, 1.54) is 4.90 Å². The molecular weight excluding hydrogens is 390 g/mol. The summed E-state index contributed by atoms with van der Waals surface area (Å²) >= 11 is 0. The van der Waals surface area contributed by atoms with Gasteiger partial charge in [0.15, 0.2) is 16.4 Å². The Balaban J connectivity index is 1.72. The van der Waals surface area contributed by atoms with Gasteiger partial charge in [-0.15, -0.1) is 0 Å². The highest BCUT2D eigenvalue weighted by Crippen LogP contribution is 2.21. The van der Waals surface area contributed by atoms with Crippen LogP contribution in [-0.2, 0) is 25.9 Å². The first-order valence-electron chi connectivity index (χ1n) is 9.53. The lowest BCUT2D eigenvalue weighted by molar-refractivity contribution is -0.137. The van der Waals surface area contributed by atoms with Crippen LogP contribution in [0.1, 0.15) is 33.5 Å². The summed E-state index contributed by atoms with van der Waals surface area (Å²) in [6.45, 7) is 3.54. The number of hydrogen-bond donors (Lipinski definition) is 0. The Bertz CT molecular complexity index is 1000. The molecule has 1 aliphatic rings. The lowest BCUT2D eigenvalue weighted by atomic mass is 10.1. The highest BCUT2D eigenvalue weighted by atomic mass is 32.2. The molecule has 0 bridgehead atoms. The van der Waals surface area contributed by atoms with Gasteiger partial charge >= 0.3 is 5.97 Å². The predicted octanol–water partition coefficient (Wildman–Crippen LogP) is 2.68. The van der Waals surface area contributed by atoms with Crippen molar-refractivity contribution in [3.05, 3.63) is 70.8 Å². The smallest absolute Gasteiger partial charge is 0.338 e. The molecule has 1 fully saturated rings. The van der Waals surface area contributed by atoms with Crippen molar-refractivity contribution in [2.45, 2.75) is 32.9 Å². The van der Waals surface area contributed by atoms with E-state index >= 15 is 0 Å². The Kier molecular flexibility index (Phi) is 6.37. The van der Waals surface area contributed by atoms with E-state index in [1.807, 2.05) is 56.3 Å². The van der Waals surface area contributed by atoms with Crippen LogP contribution in [0, 0.1) is 13.8 Å². The van der Waals surface area contributed by atoms with E-state index < -0.39 is 34.4 Å². The van der Waals surface area contributed by atoms with Crippen molar-refractivity contribution in [1.29, 1.82) is 0 Å². The Labute approximate surface area is 171 Å². The second kappa shape index (κ2) is 8.78. The number of esters is 1. The number of hydrogen-bond acceptors (Lipinski definition) is 5. The minimum atomic E-state index is -3.15. The number of rotatable bonds is 6. The predicted molar refractivity (Wildman–Crippen MR) is 110 cm³/mol. The van der Waals surface area contributed by atoms with E-state index in [0.717, 1.165) is 16.7 Å². The van der Waals surface area contributed by atoms with E-state index in [9.17, 15) is 18.0 Å². The summed E-state index contributed by atoms with van der Waals surface area (Å²) in [5, 5.41) is 0. The van der Waals surface area contributed by atoms with Gasteiger partial charge in [0.25, 0.3) is 5.91 Å². The molecule has 2 aromatic rings. The van der Waals surface area contributed by atoms with E-state index in [0.29, 0.717) is 12.0 Å². The molecule has 1 heterocycles. The summed E-state index contributed by atoms with van der Waals surface area (Å²) in [5.74, 6) is -0.942. The minimum absolute atomic E-state index is 0.0590. The average molecular weight is 416 g/mol. The minimum Gasteiger partial charge on any atom is -0.452 e. The van der Waals surface area contributed by atoms with Crippen molar-refractivity contribution >= 4 is 21.7 Å². The first-order chi connectivity index (χ1) is 13.7. The number of sulfone groups is 1. The molecule has 7 heteroatoms. The van der Waals surface area contributed by atoms with Crippen molar-refractivity contribution in [3.8, 4) is 0 Å². The van der Waals surface area contributed by atoms with E-state index in [1.54, 1.807) is 6.07 Å². The molecule has 0 saturated carbocycles. The fourth-order valence-corrected chi connectivity index (χ4v) is 5.20. The molecule has 2 aromatic carbocycles. The van der Waals surface area contributed by atoms with Crippen molar-refractivity contribution in [3.63, 3.8) is 0 Å². The molecule has 1 amide bonds. The Hall–Kier alpha value is -2.67. The van der Waals surface area contributed by atoms with Gasteiger partial charge in [0.2, 0.25) is 0 Å². The molecule has 1 saturated heterocycles. The van der Waals surface area contributed by atoms with Crippen LogP contribution in [0.4, 0.5) is 0 Å². The topological polar surface area (TPSA) is 80.8 Å². The quantitative estimate of drug-likeness (QED) is 0.678.